The van der Waals surface area contributed by atoms with Crippen LogP contribution >= 0.6 is 12.1 Å². The summed E-state index contributed by atoms with van der Waals surface area (Å²) in [5.41, 5.74) is 2.14. The van der Waals surface area contributed by atoms with Crippen molar-refractivity contribution >= 4 is 29.0 Å². The van der Waals surface area contributed by atoms with Crippen molar-refractivity contribution in [3.8, 4) is 0 Å². The number of allylic oxidation sites excluding steroid dienone is 5. The summed E-state index contributed by atoms with van der Waals surface area (Å²) in [6.07, 6.45) is 3.45. The first-order valence-electron chi connectivity index (χ1n) is 10.9. The highest BCUT2D eigenvalue weighted by molar-refractivity contribution is 7.98. The van der Waals surface area contributed by atoms with Gasteiger partial charge in [-0.1, -0.05) is 65.0 Å². The number of imidazole rings is 2. The molecule has 0 aliphatic carbocycles. The van der Waals surface area contributed by atoms with Crippen molar-refractivity contribution in [2.24, 2.45) is 7.05 Å². The molecule has 2 aromatic heterocycles. The van der Waals surface area contributed by atoms with Gasteiger partial charge in [-0.15, -0.1) is 0 Å². The molecule has 0 saturated heterocycles. The van der Waals surface area contributed by atoms with E-state index in [4.69, 9.17) is 0 Å². The molecule has 0 aliphatic heterocycles. The third kappa shape index (κ3) is 7.25. The molecule has 0 fully saturated rings. The van der Waals surface area contributed by atoms with Gasteiger partial charge in [-0.3, -0.25) is 4.40 Å². The average molecular weight is 484 g/mol. The number of hydrogen-bond donors (Lipinski definition) is 0. The summed E-state index contributed by atoms with van der Waals surface area (Å²) in [4.78, 5) is 4.47. The third-order valence-corrected chi connectivity index (χ3v) is 4.95. The van der Waals surface area contributed by atoms with Crippen LogP contribution in [0.2, 0.25) is 0 Å². The van der Waals surface area contributed by atoms with Gasteiger partial charge in [0.25, 0.3) is 0 Å². The number of hydrogen-bond acceptors (Lipinski definition) is 2. The summed E-state index contributed by atoms with van der Waals surface area (Å²) in [5, 5.41) is 0. The number of halogens is 4. The van der Waals surface area contributed by atoms with Crippen molar-refractivity contribution in [3.63, 3.8) is 0 Å². The number of fused-ring (bicyclic) bond motifs is 3. The highest BCUT2D eigenvalue weighted by Gasteiger charge is 2.38. The van der Waals surface area contributed by atoms with Crippen LogP contribution in [0.1, 0.15) is 58.8 Å². The number of benzene rings is 1. The fraction of sp³-hybridized carbons (Fsp3) is 0.400. The zero-order valence-electron chi connectivity index (χ0n) is 20.1. The molecule has 3 rings (SSSR count). The second-order valence-electron chi connectivity index (χ2n) is 7.31. The van der Waals surface area contributed by atoms with Gasteiger partial charge in [0, 0.05) is 12.0 Å². The normalized spacial score (nSPS) is 12.3. The number of aromatic nitrogens is 3. The van der Waals surface area contributed by atoms with Gasteiger partial charge >= 0.3 is 6.18 Å². The summed E-state index contributed by atoms with van der Waals surface area (Å²) >= 11 is 0.280. The molecule has 0 saturated carbocycles. The van der Waals surface area contributed by atoms with Crippen molar-refractivity contribution < 1.29 is 17.1 Å². The topological polar surface area (TPSA) is 22.2 Å². The molecule has 0 spiro atoms. The molecule has 33 heavy (non-hydrogen) atoms. The van der Waals surface area contributed by atoms with Gasteiger partial charge in [-0.05, 0) is 43.5 Å². The Labute approximate surface area is 198 Å². The van der Waals surface area contributed by atoms with Crippen molar-refractivity contribution in [1.29, 1.82) is 0 Å². The highest BCUT2D eigenvalue weighted by atomic mass is 32.2. The van der Waals surface area contributed by atoms with Gasteiger partial charge in [0.05, 0.1) is 28.9 Å². The second kappa shape index (κ2) is 13.3. The lowest BCUT2D eigenvalue weighted by Gasteiger charge is -2.05. The lowest BCUT2D eigenvalue weighted by molar-refractivity contribution is -0.141. The highest BCUT2D eigenvalue weighted by Crippen LogP contribution is 2.34. The summed E-state index contributed by atoms with van der Waals surface area (Å²) in [7, 11) is 1.73. The lowest BCUT2D eigenvalue weighted by atomic mass is 10.2. The summed E-state index contributed by atoms with van der Waals surface area (Å²) in [6.45, 7) is 13.3. The molecule has 0 unspecified atom stereocenters. The maximum absolute atomic E-state index is 13.0. The Balaban J connectivity index is 0.000000333. The van der Waals surface area contributed by atoms with E-state index >= 15 is 0 Å². The Bertz CT molecular complexity index is 1100. The standard InChI is InChI=1S/C13H12F3N3.C9H13FS.C3H8/c1-3-8-11(13(14,15)16)17-12-18(2)9-6-4-5-7-10(9)19(8)12;1-4-6-9(5-2)7-8(3)11-10;1-3-2/h4-7H,3H2,1-2H3;4,6-7H,1,5H2,2-3H3;3H2,1-2H3/b;8-7+,9-6-;. The third-order valence-electron chi connectivity index (χ3n) is 4.59. The Morgan fingerprint density at radius 1 is 1.12 bits per heavy atom. The van der Waals surface area contributed by atoms with Crippen LogP contribution in [0, 0.1) is 0 Å². The van der Waals surface area contributed by atoms with Gasteiger partial charge < -0.3 is 4.57 Å². The smallest absolute Gasteiger partial charge is 0.313 e. The van der Waals surface area contributed by atoms with Gasteiger partial charge in [0.1, 0.15) is 0 Å². The minimum Gasteiger partial charge on any atom is -0.313 e. The maximum atomic E-state index is 13.0. The Morgan fingerprint density at radius 3 is 2.15 bits per heavy atom. The first-order valence-corrected chi connectivity index (χ1v) is 11.6. The van der Waals surface area contributed by atoms with Crippen molar-refractivity contribution in [3.05, 3.63) is 70.9 Å². The summed E-state index contributed by atoms with van der Waals surface area (Å²) < 4.78 is 54.2. The van der Waals surface area contributed by atoms with Crippen LogP contribution in [-0.2, 0) is 19.6 Å². The molecular formula is C25H33F4N3S. The van der Waals surface area contributed by atoms with Crippen LogP contribution in [-0.4, -0.2) is 14.0 Å². The van der Waals surface area contributed by atoms with Crippen LogP contribution in [0.15, 0.2) is 59.6 Å². The first-order chi connectivity index (χ1) is 15.6. The van der Waals surface area contributed by atoms with Crippen molar-refractivity contribution in [2.75, 3.05) is 0 Å². The van der Waals surface area contributed by atoms with E-state index in [2.05, 4.69) is 25.4 Å². The SMILES string of the molecule is C=C/C=C(\C=C(/C)SF)CC.CCC.CCc1c(C(F)(F)F)nc2n(C)c3ccccc3n12. The monoisotopic (exact) mass is 483 g/mol. The molecule has 0 amide bonds. The number of aryl methyl sites for hydroxylation is 2. The fourth-order valence-electron chi connectivity index (χ4n) is 3.22. The van der Waals surface area contributed by atoms with Gasteiger partial charge in [0.15, 0.2) is 5.69 Å². The van der Waals surface area contributed by atoms with E-state index < -0.39 is 11.9 Å². The van der Waals surface area contributed by atoms with Crippen LogP contribution in [0.3, 0.4) is 0 Å². The zero-order valence-corrected chi connectivity index (χ0v) is 20.9. The van der Waals surface area contributed by atoms with E-state index in [9.17, 15) is 17.1 Å². The molecule has 3 aromatic rings. The molecular weight excluding hydrogens is 450 g/mol. The van der Waals surface area contributed by atoms with E-state index in [1.165, 1.54) is 6.42 Å². The Hall–Kier alpha value is -2.48. The number of nitrogens with zero attached hydrogens (tertiary/aromatic N) is 3. The Morgan fingerprint density at radius 2 is 1.70 bits per heavy atom. The molecule has 0 bridgehead atoms. The predicted molar refractivity (Wildman–Crippen MR) is 133 cm³/mol. The summed E-state index contributed by atoms with van der Waals surface area (Å²) in [5.74, 6) is 0.324. The van der Waals surface area contributed by atoms with Crippen LogP contribution in [0.5, 0.6) is 0 Å². The van der Waals surface area contributed by atoms with Gasteiger partial charge in [-0.2, -0.15) is 17.1 Å². The maximum Gasteiger partial charge on any atom is 0.435 e. The number of rotatable bonds is 5. The molecule has 3 nitrogen and oxygen atoms in total. The van der Waals surface area contributed by atoms with E-state index in [1.54, 1.807) is 35.9 Å². The molecule has 1 aromatic carbocycles. The van der Waals surface area contributed by atoms with Crippen molar-refractivity contribution in [1.82, 2.24) is 14.0 Å². The second-order valence-corrected chi connectivity index (χ2v) is 8.11. The van der Waals surface area contributed by atoms with Gasteiger partial charge in [-0.25, -0.2) is 4.98 Å². The molecule has 0 aliphatic rings. The summed E-state index contributed by atoms with van der Waals surface area (Å²) in [6, 6.07) is 7.35. The number of para-hydroxylation sites is 2. The quantitative estimate of drug-likeness (QED) is 0.267. The van der Waals surface area contributed by atoms with Gasteiger partial charge in [0.2, 0.25) is 5.78 Å². The van der Waals surface area contributed by atoms with E-state index in [-0.39, 0.29) is 24.3 Å². The largest absolute Gasteiger partial charge is 0.435 e. The molecule has 0 N–H and O–H groups in total. The van der Waals surface area contributed by atoms with E-state index in [0.717, 1.165) is 23.0 Å². The predicted octanol–water partition coefficient (Wildman–Crippen LogP) is 8.85. The molecule has 182 valence electrons. The lowest BCUT2D eigenvalue weighted by Crippen LogP contribution is -2.09. The number of alkyl halides is 3. The van der Waals surface area contributed by atoms with E-state index in [1.807, 2.05) is 43.3 Å². The fourth-order valence-corrected chi connectivity index (χ4v) is 3.42. The Kier molecular flexibility index (Phi) is 11.5. The zero-order chi connectivity index (χ0) is 25.2. The van der Waals surface area contributed by atoms with Crippen LogP contribution in [0.25, 0.3) is 16.8 Å². The molecule has 2 heterocycles. The van der Waals surface area contributed by atoms with Crippen LogP contribution < -0.4 is 0 Å². The minimum atomic E-state index is -4.42. The molecule has 0 atom stereocenters. The average Bonchev–Trinajstić information content (AvgIpc) is 3.30. The first kappa shape index (κ1) is 28.6. The van der Waals surface area contributed by atoms with Crippen LogP contribution in [0.4, 0.5) is 17.1 Å². The van der Waals surface area contributed by atoms with E-state index in [0.29, 0.717) is 10.7 Å². The minimum absolute atomic E-state index is 0.208. The molecule has 0 radical (unpaired) electrons. The molecule has 8 heteroatoms. The van der Waals surface area contributed by atoms with Crippen molar-refractivity contribution in [2.45, 2.75) is 60.1 Å².